The van der Waals surface area contributed by atoms with Gasteiger partial charge in [0.05, 0.1) is 5.69 Å². The maximum absolute atomic E-state index is 11.4. The SMILES string of the molecule is Cc1cc(C)n(CC(C)CNC(C)c2ccc(S(C)=O)cc2)n1. The average Bonchev–Trinajstić information content (AvgIpc) is 2.82. The zero-order valence-electron chi connectivity index (χ0n) is 14.7. The second-order valence-electron chi connectivity index (χ2n) is 6.37. The summed E-state index contributed by atoms with van der Waals surface area (Å²) in [5.41, 5.74) is 3.51. The molecule has 1 N–H and O–H groups in total. The fourth-order valence-corrected chi connectivity index (χ4v) is 3.18. The summed E-state index contributed by atoms with van der Waals surface area (Å²) in [5, 5.41) is 8.10. The van der Waals surface area contributed by atoms with E-state index in [0.717, 1.165) is 23.7 Å². The molecule has 0 radical (unpaired) electrons. The maximum Gasteiger partial charge on any atom is 0.0596 e. The van der Waals surface area contributed by atoms with Gasteiger partial charge in [0.15, 0.2) is 0 Å². The minimum atomic E-state index is -0.915. The van der Waals surface area contributed by atoms with Gasteiger partial charge in [0.25, 0.3) is 0 Å². The molecule has 0 saturated carbocycles. The van der Waals surface area contributed by atoms with E-state index in [1.54, 1.807) is 6.26 Å². The van der Waals surface area contributed by atoms with Crippen LogP contribution in [0.15, 0.2) is 35.2 Å². The standard InChI is InChI=1S/C18H27N3OS/c1-13(12-21-15(3)10-14(2)20-21)11-19-16(4)17-6-8-18(9-7-17)23(5)22/h6-10,13,16,19H,11-12H2,1-5H3. The van der Waals surface area contributed by atoms with Crippen molar-refractivity contribution < 1.29 is 4.21 Å². The first-order chi connectivity index (χ1) is 10.9. The van der Waals surface area contributed by atoms with E-state index in [9.17, 15) is 4.21 Å². The van der Waals surface area contributed by atoms with Crippen molar-refractivity contribution in [2.45, 2.75) is 45.2 Å². The molecule has 0 fully saturated rings. The van der Waals surface area contributed by atoms with Crippen LogP contribution >= 0.6 is 0 Å². The molecular formula is C18H27N3OS. The number of hydrogen-bond acceptors (Lipinski definition) is 3. The molecule has 3 atom stereocenters. The van der Waals surface area contributed by atoms with Crippen molar-refractivity contribution in [2.75, 3.05) is 12.8 Å². The van der Waals surface area contributed by atoms with Crippen molar-refractivity contribution >= 4 is 10.8 Å². The zero-order valence-corrected chi connectivity index (χ0v) is 15.5. The molecular weight excluding hydrogens is 306 g/mol. The third-order valence-corrected chi connectivity index (χ3v) is 5.01. The van der Waals surface area contributed by atoms with Gasteiger partial charge in [-0.1, -0.05) is 19.1 Å². The fraction of sp³-hybridized carbons (Fsp3) is 0.500. The van der Waals surface area contributed by atoms with Crippen molar-refractivity contribution in [3.8, 4) is 0 Å². The first-order valence-corrected chi connectivity index (χ1v) is 9.60. The lowest BCUT2D eigenvalue weighted by molar-refractivity contribution is 0.398. The summed E-state index contributed by atoms with van der Waals surface area (Å²) in [4.78, 5) is 0.874. The Hall–Kier alpha value is -1.46. The topological polar surface area (TPSA) is 46.9 Å². The van der Waals surface area contributed by atoms with Crippen LogP contribution in [0.25, 0.3) is 0 Å². The van der Waals surface area contributed by atoms with Gasteiger partial charge in [0.1, 0.15) is 0 Å². The van der Waals surface area contributed by atoms with E-state index in [2.05, 4.69) is 54.1 Å². The molecule has 0 aliphatic heterocycles. The van der Waals surface area contributed by atoms with Gasteiger partial charge in [-0.2, -0.15) is 5.10 Å². The van der Waals surface area contributed by atoms with Gasteiger partial charge < -0.3 is 5.32 Å². The van der Waals surface area contributed by atoms with Crippen LogP contribution in [0.2, 0.25) is 0 Å². The van der Waals surface area contributed by atoms with Crippen molar-refractivity contribution in [3.63, 3.8) is 0 Å². The highest BCUT2D eigenvalue weighted by Crippen LogP contribution is 2.15. The predicted molar refractivity (Wildman–Crippen MR) is 96.1 cm³/mol. The summed E-state index contributed by atoms with van der Waals surface area (Å²) in [6.45, 7) is 10.4. The maximum atomic E-state index is 11.4. The van der Waals surface area contributed by atoms with Gasteiger partial charge in [-0.3, -0.25) is 8.89 Å². The molecule has 1 heterocycles. The van der Waals surface area contributed by atoms with Gasteiger partial charge >= 0.3 is 0 Å². The first-order valence-electron chi connectivity index (χ1n) is 8.04. The highest BCUT2D eigenvalue weighted by Gasteiger charge is 2.10. The molecule has 0 saturated heterocycles. The Morgan fingerprint density at radius 2 is 1.87 bits per heavy atom. The normalized spacial score (nSPS) is 15.3. The van der Waals surface area contributed by atoms with Gasteiger partial charge in [-0.25, -0.2) is 0 Å². The fourth-order valence-electron chi connectivity index (χ4n) is 2.66. The number of nitrogens with zero attached hydrogens (tertiary/aromatic N) is 2. The molecule has 2 rings (SSSR count). The second kappa shape index (κ2) is 7.88. The highest BCUT2D eigenvalue weighted by atomic mass is 32.2. The summed E-state index contributed by atoms with van der Waals surface area (Å²) >= 11 is 0. The van der Waals surface area contributed by atoms with E-state index in [0.29, 0.717) is 5.92 Å². The summed E-state index contributed by atoms with van der Waals surface area (Å²) in [6, 6.07) is 10.4. The monoisotopic (exact) mass is 333 g/mol. The number of benzene rings is 1. The van der Waals surface area contributed by atoms with Gasteiger partial charge in [0, 0.05) is 46.8 Å². The number of aromatic nitrogens is 2. The van der Waals surface area contributed by atoms with Gasteiger partial charge in [-0.05, 0) is 50.5 Å². The lowest BCUT2D eigenvalue weighted by Crippen LogP contribution is -2.27. The Labute approximate surface area is 141 Å². The summed E-state index contributed by atoms with van der Waals surface area (Å²) in [6.07, 6.45) is 1.71. The molecule has 0 aliphatic rings. The number of rotatable bonds is 7. The molecule has 1 aromatic carbocycles. The Balaban J connectivity index is 1.86. The number of nitrogens with one attached hydrogen (secondary N) is 1. The van der Waals surface area contributed by atoms with Crippen LogP contribution < -0.4 is 5.32 Å². The average molecular weight is 334 g/mol. The van der Waals surface area contributed by atoms with Crippen LogP contribution in [0.1, 0.15) is 36.8 Å². The minimum absolute atomic E-state index is 0.275. The first kappa shape index (κ1) is 17.9. The van der Waals surface area contributed by atoms with Crippen LogP contribution in [0.5, 0.6) is 0 Å². The lowest BCUT2D eigenvalue weighted by Gasteiger charge is -2.19. The van der Waals surface area contributed by atoms with Crippen molar-refractivity contribution in [1.82, 2.24) is 15.1 Å². The number of hydrogen-bond donors (Lipinski definition) is 1. The molecule has 0 bridgehead atoms. The Morgan fingerprint density at radius 3 is 2.39 bits per heavy atom. The third kappa shape index (κ3) is 5.01. The Kier molecular flexibility index (Phi) is 6.13. The number of aryl methyl sites for hydroxylation is 2. The van der Waals surface area contributed by atoms with Crippen molar-refractivity contribution in [2.24, 2.45) is 5.92 Å². The van der Waals surface area contributed by atoms with Crippen molar-refractivity contribution in [3.05, 3.63) is 47.3 Å². The van der Waals surface area contributed by atoms with Gasteiger partial charge in [0.2, 0.25) is 0 Å². The van der Waals surface area contributed by atoms with E-state index in [1.165, 1.54) is 11.3 Å². The summed E-state index contributed by atoms with van der Waals surface area (Å²) < 4.78 is 13.5. The largest absolute Gasteiger partial charge is 0.310 e. The molecule has 3 unspecified atom stereocenters. The predicted octanol–water partition coefficient (Wildman–Crippen LogP) is 3.22. The second-order valence-corrected chi connectivity index (χ2v) is 7.75. The van der Waals surface area contributed by atoms with E-state index >= 15 is 0 Å². The molecule has 23 heavy (non-hydrogen) atoms. The lowest BCUT2D eigenvalue weighted by atomic mass is 10.1. The Morgan fingerprint density at radius 1 is 1.22 bits per heavy atom. The minimum Gasteiger partial charge on any atom is -0.310 e. The van der Waals surface area contributed by atoms with Crippen LogP contribution in [0.3, 0.4) is 0 Å². The molecule has 126 valence electrons. The van der Waals surface area contributed by atoms with Crippen molar-refractivity contribution in [1.29, 1.82) is 0 Å². The molecule has 1 aromatic heterocycles. The van der Waals surface area contributed by atoms with E-state index < -0.39 is 10.8 Å². The van der Waals surface area contributed by atoms with E-state index in [4.69, 9.17) is 0 Å². The van der Waals surface area contributed by atoms with Crippen LogP contribution in [-0.4, -0.2) is 26.8 Å². The summed E-state index contributed by atoms with van der Waals surface area (Å²) in [5.74, 6) is 0.498. The van der Waals surface area contributed by atoms with E-state index in [1.807, 2.05) is 19.1 Å². The van der Waals surface area contributed by atoms with Crippen LogP contribution in [0.4, 0.5) is 0 Å². The van der Waals surface area contributed by atoms with Crippen LogP contribution in [0, 0.1) is 19.8 Å². The molecule has 0 amide bonds. The molecule has 2 aromatic rings. The zero-order chi connectivity index (χ0) is 17.0. The van der Waals surface area contributed by atoms with Crippen LogP contribution in [-0.2, 0) is 17.3 Å². The third-order valence-electron chi connectivity index (χ3n) is 4.07. The molecule has 4 nitrogen and oxygen atoms in total. The van der Waals surface area contributed by atoms with E-state index in [-0.39, 0.29) is 6.04 Å². The van der Waals surface area contributed by atoms with Gasteiger partial charge in [-0.15, -0.1) is 0 Å². The smallest absolute Gasteiger partial charge is 0.0596 e. The quantitative estimate of drug-likeness (QED) is 0.846. The molecule has 0 spiro atoms. The molecule has 0 aliphatic carbocycles. The Bertz CT molecular complexity index is 663. The summed E-state index contributed by atoms with van der Waals surface area (Å²) in [7, 11) is -0.915. The highest BCUT2D eigenvalue weighted by molar-refractivity contribution is 7.84. The molecule has 5 heteroatoms.